The molecule has 6 nitrogen and oxygen atoms in total. The number of nitrogens with zero attached hydrogens (tertiary/aromatic N) is 1. The molecule has 0 bridgehead atoms. The SMILES string of the molecule is CCS(=O)(=O)Oc1cccc(CN(CC2CCCO2)C(=O)c2cccc(F)c2)c1. The van der Waals surface area contributed by atoms with Crippen molar-refractivity contribution in [3.8, 4) is 5.75 Å². The lowest BCUT2D eigenvalue weighted by atomic mass is 10.1. The van der Waals surface area contributed by atoms with Crippen LogP contribution in [-0.2, 0) is 21.4 Å². The Morgan fingerprint density at radius 1 is 1.24 bits per heavy atom. The second-order valence-electron chi connectivity index (χ2n) is 6.91. The Balaban J connectivity index is 1.82. The summed E-state index contributed by atoms with van der Waals surface area (Å²) in [5, 5.41) is 0. The quantitative estimate of drug-likeness (QED) is 0.611. The number of hydrogen-bond donors (Lipinski definition) is 0. The molecule has 3 rings (SSSR count). The van der Waals surface area contributed by atoms with Gasteiger partial charge >= 0.3 is 10.1 Å². The normalized spacial score (nSPS) is 16.6. The molecule has 1 aliphatic rings. The van der Waals surface area contributed by atoms with Gasteiger partial charge in [-0.05, 0) is 55.7 Å². The zero-order valence-corrected chi connectivity index (χ0v) is 17.0. The third-order valence-electron chi connectivity index (χ3n) is 4.66. The van der Waals surface area contributed by atoms with Crippen LogP contribution in [0, 0.1) is 5.82 Å². The van der Waals surface area contributed by atoms with E-state index in [1.165, 1.54) is 25.1 Å². The number of hydrogen-bond acceptors (Lipinski definition) is 5. The van der Waals surface area contributed by atoms with E-state index in [0.29, 0.717) is 18.7 Å². The zero-order valence-electron chi connectivity index (χ0n) is 16.2. The minimum absolute atomic E-state index is 0.0765. The maximum atomic E-state index is 13.6. The molecule has 1 aliphatic heterocycles. The predicted molar refractivity (Wildman–Crippen MR) is 107 cm³/mol. The van der Waals surface area contributed by atoms with Gasteiger partial charge in [0.2, 0.25) is 0 Å². The van der Waals surface area contributed by atoms with E-state index in [0.717, 1.165) is 12.8 Å². The number of benzene rings is 2. The van der Waals surface area contributed by atoms with Gasteiger partial charge in [-0.1, -0.05) is 18.2 Å². The highest BCUT2D eigenvalue weighted by molar-refractivity contribution is 7.87. The first-order chi connectivity index (χ1) is 13.9. The molecule has 1 unspecified atom stereocenters. The van der Waals surface area contributed by atoms with Crippen molar-refractivity contribution in [2.24, 2.45) is 0 Å². The van der Waals surface area contributed by atoms with Crippen molar-refractivity contribution in [1.82, 2.24) is 4.90 Å². The van der Waals surface area contributed by atoms with Gasteiger partial charge in [-0.2, -0.15) is 8.42 Å². The third-order valence-corrected chi connectivity index (χ3v) is 5.81. The molecule has 2 aromatic rings. The highest BCUT2D eigenvalue weighted by Crippen LogP contribution is 2.21. The predicted octanol–water partition coefficient (Wildman–Crippen LogP) is 3.38. The summed E-state index contributed by atoms with van der Waals surface area (Å²) in [7, 11) is -3.64. The van der Waals surface area contributed by atoms with E-state index < -0.39 is 15.9 Å². The second-order valence-corrected chi connectivity index (χ2v) is 8.77. The lowest BCUT2D eigenvalue weighted by Gasteiger charge is -2.26. The molecule has 8 heteroatoms. The molecular formula is C21H24FNO5S. The molecule has 0 N–H and O–H groups in total. The Bertz CT molecular complexity index is 957. The van der Waals surface area contributed by atoms with Crippen molar-refractivity contribution in [2.45, 2.75) is 32.4 Å². The van der Waals surface area contributed by atoms with Crippen LogP contribution < -0.4 is 4.18 Å². The van der Waals surface area contributed by atoms with Gasteiger partial charge in [-0.25, -0.2) is 4.39 Å². The van der Waals surface area contributed by atoms with Crippen LogP contribution in [0.3, 0.4) is 0 Å². The van der Waals surface area contributed by atoms with Gasteiger partial charge in [0.15, 0.2) is 0 Å². The molecule has 0 aromatic heterocycles. The van der Waals surface area contributed by atoms with Gasteiger partial charge in [0.1, 0.15) is 11.6 Å². The van der Waals surface area contributed by atoms with Gasteiger partial charge in [-0.3, -0.25) is 4.79 Å². The summed E-state index contributed by atoms with van der Waals surface area (Å²) in [6.07, 6.45) is 1.71. The highest BCUT2D eigenvalue weighted by atomic mass is 32.2. The number of halogens is 1. The molecule has 1 amide bonds. The summed E-state index contributed by atoms with van der Waals surface area (Å²) in [5.74, 6) is -0.735. The van der Waals surface area contributed by atoms with Gasteiger partial charge in [-0.15, -0.1) is 0 Å². The monoisotopic (exact) mass is 421 g/mol. The Kier molecular flexibility index (Phi) is 6.87. The van der Waals surface area contributed by atoms with Gasteiger partial charge in [0, 0.05) is 25.3 Å². The molecule has 0 spiro atoms. The van der Waals surface area contributed by atoms with Crippen molar-refractivity contribution in [3.63, 3.8) is 0 Å². The van der Waals surface area contributed by atoms with E-state index in [-0.39, 0.29) is 35.6 Å². The first-order valence-electron chi connectivity index (χ1n) is 9.54. The average molecular weight is 421 g/mol. The second kappa shape index (κ2) is 9.37. The van der Waals surface area contributed by atoms with Crippen molar-refractivity contribution in [3.05, 3.63) is 65.5 Å². The first-order valence-corrected chi connectivity index (χ1v) is 11.1. The minimum atomic E-state index is -3.64. The van der Waals surface area contributed by atoms with Crippen LogP contribution in [0.5, 0.6) is 5.75 Å². The van der Waals surface area contributed by atoms with E-state index >= 15 is 0 Å². The largest absolute Gasteiger partial charge is 0.382 e. The Labute approximate surface area is 170 Å². The van der Waals surface area contributed by atoms with Crippen molar-refractivity contribution >= 4 is 16.0 Å². The summed E-state index contributed by atoms with van der Waals surface area (Å²) < 4.78 is 47.8. The molecule has 1 atom stereocenters. The fourth-order valence-corrected chi connectivity index (χ4v) is 3.69. The fourth-order valence-electron chi connectivity index (χ4n) is 3.18. The van der Waals surface area contributed by atoms with E-state index in [9.17, 15) is 17.6 Å². The Morgan fingerprint density at radius 2 is 2.03 bits per heavy atom. The average Bonchev–Trinajstić information content (AvgIpc) is 3.20. The summed E-state index contributed by atoms with van der Waals surface area (Å²) >= 11 is 0. The van der Waals surface area contributed by atoms with Crippen molar-refractivity contribution < 1.29 is 26.5 Å². The zero-order chi connectivity index (χ0) is 20.9. The Hall–Kier alpha value is -2.45. The number of rotatable bonds is 8. The van der Waals surface area contributed by atoms with Gasteiger partial charge in [0.25, 0.3) is 5.91 Å². The van der Waals surface area contributed by atoms with Crippen LogP contribution in [0.2, 0.25) is 0 Å². The standard InChI is InChI=1S/C21H24FNO5S/c1-2-29(25,26)28-19-9-3-6-16(12-19)14-23(15-20-10-5-11-27-20)21(24)17-7-4-8-18(22)13-17/h3-4,6-9,12-13,20H,2,5,10-11,14-15H2,1H3. The molecule has 29 heavy (non-hydrogen) atoms. The van der Waals surface area contributed by atoms with Crippen molar-refractivity contribution in [1.29, 1.82) is 0 Å². The molecule has 1 heterocycles. The number of carbonyl (C=O) groups excluding carboxylic acids is 1. The van der Waals surface area contributed by atoms with Gasteiger partial charge in [0.05, 0.1) is 11.9 Å². The lowest BCUT2D eigenvalue weighted by Crippen LogP contribution is -2.37. The van der Waals surface area contributed by atoms with Crippen LogP contribution in [0.25, 0.3) is 0 Å². The summed E-state index contributed by atoms with van der Waals surface area (Å²) in [6.45, 7) is 2.75. The van der Waals surface area contributed by atoms with Crippen LogP contribution in [0.15, 0.2) is 48.5 Å². The summed E-state index contributed by atoms with van der Waals surface area (Å²) in [5.41, 5.74) is 0.959. The molecule has 0 aliphatic carbocycles. The molecular weight excluding hydrogens is 397 g/mol. The molecule has 1 saturated heterocycles. The van der Waals surface area contributed by atoms with E-state index in [1.807, 2.05) is 0 Å². The van der Waals surface area contributed by atoms with Crippen molar-refractivity contribution in [2.75, 3.05) is 18.9 Å². The maximum absolute atomic E-state index is 13.6. The molecule has 0 radical (unpaired) electrons. The minimum Gasteiger partial charge on any atom is -0.382 e. The number of ether oxygens (including phenoxy) is 1. The number of carbonyl (C=O) groups is 1. The smallest absolute Gasteiger partial charge is 0.308 e. The third kappa shape index (κ3) is 6.01. The molecule has 1 fully saturated rings. The molecule has 2 aromatic carbocycles. The van der Waals surface area contributed by atoms with E-state index in [4.69, 9.17) is 8.92 Å². The highest BCUT2D eigenvalue weighted by Gasteiger charge is 2.24. The van der Waals surface area contributed by atoms with Crippen LogP contribution in [0.1, 0.15) is 35.7 Å². The summed E-state index contributed by atoms with van der Waals surface area (Å²) in [6, 6.07) is 12.2. The van der Waals surface area contributed by atoms with Gasteiger partial charge < -0.3 is 13.8 Å². The Morgan fingerprint density at radius 3 is 2.72 bits per heavy atom. The molecule has 156 valence electrons. The van der Waals surface area contributed by atoms with E-state index in [1.54, 1.807) is 35.2 Å². The number of amides is 1. The summed E-state index contributed by atoms with van der Waals surface area (Å²) in [4.78, 5) is 14.6. The first kappa shape index (κ1) is 21.3. The maximum Gasteiger partial charge on any atom is 0.308 e. The molecule has 0 saturated carbocycles. The fraction of sp³-hybridized carbons (Fsp3) is 0.381. The van der Waals surface area contributed by atoms with Crippen LogP contribution >= 0.6 is 0 Å². The van der Waals surface area contributed by atoms with E-state index in [2.05, 4.69) is 0 Å². The topological polar surface area (TPSA) is 72.9 Å². The van der Waals surface area contributed by atoms with Crippen LogP contribution in [0.4, 0.5) is 4.39 Å². The lowest BCUT2D eigenvalue weighted by molar-refractivity contribution is 0.0507. The van der Waals surface area contributed by atoms with Crippen LogP contribution in [-0.4, -0.2) is 44.2 Å².